The van der Waals surface area contributed by atoms with Gasteiger partial charge in [0.15, 0.2) is 0 Å². The van der Waals surface area contributed by atoms with Crippen molar-refractivity contribution in [1.29, 1.82) is 0 Å². The van der Waals surface area contributed by atoms with Crippen LogP contribution in [0, 0.1) is 5.41 Å². The van der Waals surface area contributed by atoms with Crippen LogP contribution in [0.5, 0.6) is 0 Å². The zero-order valence-electron chi connectivity index (χ0n) is 16.4. The molecule has 1 aromatic carbocycles. The highest BCUT2D eigenvalue weighted by molar-refractivity contribution is 5.54. The van der Waals surface area contributed by atoms with E-state index in [0.29, 0.717) is 0 Å². The molecule has 0 bridgehead atoms. The molecule has 1 nitrogen and oxygen atoms in total. The monoisotopic (exact) mass is 323 g/mol. The number of hydrogen-bond donors (Lipinski definition) is 0. The maximum atomic E-state index is 3.83. The minimum atomic E-state index is 0.0857. The summed E-state index contributed by atoms with van der Waals surface area (Å²) in [4.78, 5) is 2.15. The van der Waals surface area contributed by atoms with E-state index in [-0.39, 0.29) is 10.8 Å². The van der Waals surface area contributed by atoms with Gasteiger partial charge < -0.3 is 4.90 Å². The Morgan fingerprint density at radius 2 is 1.54 bits per heavy atom. The fourth-order valence-electron chi connectivity index (χ4n) is 2.36. The number of benzene rings is 1. The van der Waals surface area contributed by atoms with Crippen molar-refractivity contribution >= 4 is 5.69 Å². The van der Waals surface area contributed by atoms with Crippen LogP contribution in [0.2, 0.25) is 0 Å². The van der Waals surface area contributed by atoms with E-state index in [9.17, 15) is 0 Å². The van der Waals surface area contributed by atoms with E-state index < -0.39 is 0 Å². The zero-order chi connectivity index (χ0) is 18.4. The van der Waals surface area contributed by atoms with Gasteiger partial charge in [-0.05, 0) is 47.1 Å². The molecule has 1 rings (SSSR count). The summed E-state index contributed by atoms with van der Waals surface area (Å²) in [7, 11) is 0. The third-order valence-corrected chi connectivity index (χ3v) is 3.92. The Kier molecular flexibility index (Phi) is 6.83. The Bertz CT molecular complexity index is 613. The lowest BCUT2D eigenvalue weighted by Crippen LogP contribution is -2.13. The van der Waals surface area contributed by atoms with Crippen molar-refractivity contribution in [1.82, 2.24) is 0 Å². The van der Waals surface area contributed by atoms with E-state index in [1.807, 2.05) is 13.0 Å². The van der Waals surface area contributed by atoms with Crippen LogP contribution >= 0.6 is 0 Å². The lowest BCUT2D eigenvalue weighted by atomic mass is 9.86. The van der Waals surface area contributed by atoms with E-state index in [1.165, 1.54) is 11.1 Å². The molecule has 0 spiro atoms. The summed E-state index contributed by atoms with van der Waals surface area (Å²) in [6, 6.07) is 8.78. The summed E-state index contributed by atoms with van der Waals surface area (Å²) >= 11 is 0. The largest absolute Gasteiger partial charge is 0.324 e. The maximum absolute atomic E-state index is 3.83. The van der Waals surface area contributed by atoms with Crippen LogP contribution in [0.1, 0.15) is 54.0 Å². The first-order chi connectivity index (χ1) is 11.1. The molecule has 0 aromatic heterocycles. The molecule has 0 fully saturated rings. The molecule has 24 heavy (non-hydrogen) atoms. The van der Waals surface area contributed by atoms with Gasteiger partial charge in [0, 0.05) is 18.1 Å². The second kappa shape index (κ2) is 8.19. The van der Waals surface area contributed by atoms with Crippen LogP contribution in [0.3, 0.4) is 0 Å². The Balaban J connectivity index is 3.13. The standard InChI is InChI=1S/C23H33N/c1-9-11-19(22(3,4)5)16-18-24(17-10-2)21-14-12-20(13-15-21)23(6,7)8/h9-18H,1H2,2-8H3/b17-10-,18-16-,19-11+. The van der Waals surface area contributed by atoms with E-state index >= 15 is 0 Å². The average molecular weight is 324 g/mol. The molecule has 0 amide bonds. The number of hydrogen-bond acceptors (Lipinski definition) is 1. The van der Waals surface area contributed by atoms with Crippen molar-refractivity contribution in [3.63, 3.8) is 0 Å². The van der Waals surface area contributed by atoms with Crippen LogP contribution in [-0.4, -0.2) is 0 Å². The van der Waals surface area contributed by atoms with Gasteiger partial charge in [-0.3, -0.25) is 0 Å². The average Bonchev–Trinajstić information content (AvgIpc) is 2.48. The second-order valence-corrected chi connectivity index (χ2v) is 8.11. The van der Waals surface area contributed by atoms with Gasteiger partial charge >= 0.3 is 0 Å². The summed E-state index contributed by atoms with van der Waals surface area (Å²) in [6.45, 7) is 19.2. The zero-order valence-corrected chi connectivity index (χ0v) is 16.4. The molecule has 1 aromatic rings. The molecular weight excluding hydrogens is 290 g/mol. The van der Waals surface area contributed by atoms with Crippen LogP contribution in [0.25, 0.3) is 0 Å². The van der Waals surface area contributed by atoms with Crippen LogP contribution in [0.15, 0.2) is 73.1 Å². The predicted molar refractivity (Wildman–Crippen MR) is 109 cm³/mol. The highest BCUT2D eigenvalue weighted by atomic mass is 15.1. The third kappa shape index (κ3) is 5.88. The van der Waals surface area contributed by atoms with Gasteiger partial charge in [-0.2, -0.15) is 0 Å². The van der Waals surface area contributed by atoms with Crippen molar-refractivity contribution in [2.75, 3.05) is 4.90 Å². The third-order valence-electron chi connectivity index (χ3n) is 3.92. The molecule has 0 saturated heterocycles. The second-order valence-electron chi connectivity index (χ2n) is 8.11. The first kappa shape index (κ1) is 20.0. The van der Waals surface area contributed by atoms with E-state index in [0.717, 1.165) is 5.69 Å². The SMILES string of the molecule is C=C/C=C(\C=C/N(/C=C\C)c1ccc(C(C)(C)C)cc1)C(C)(C)C. The van der Waals surface area contributed by atoms with Crippen LogP contribution < -0.4 is 4.90 Å². The molecule has 0 atom stereocenters. The molecular formula is C23H33N. The summed E-state index contributed by atoms with van der Waals surface area (Å²) < 4.78 is 0. The Morgan fingerprint density at radius 1 is 0.958 bits per heavy atom. The first-order valence-corrected chi connectivity index (χ1v) is 8.62. The van der Waals surface area contributed by atoms with Gasteiger partial charge in [0.2, 0.25) is 0 Å². The van der Waals surface area contributed by atoms with E-state index in [1.54, 1.807) is 0 Å². The van der Waals surface area contributed by atoms with Crippen molar-refractivity contribution in [2.45, 2.75) is 53.9 Å². The fourth-order valence-corrected chi connectivity index (χ4v) is 2.36. The number of rotatable bonds is 5. The quantitative estimate of drug-likeness (QED) is 0.527. The van der Waals surface area contributed by atoms with Crippen molar-refractivity contribution < 1.29 is 0 Å². The maximum Gasteiger partial charge on any atom is 0.0449 e. The number of anilines is 1. The topological polar surface area (TPSA) is 3.24 Å². The van der Waals surface area contributed by atoms with Gasteiger partial charge in [0.25, 0.3) is 0 Å². The molecule has 0 aliphatic heterocycles. The molecule has 0 radical (unpaired) electrons. The molecule has 0 N–H and O–H groups in total. The summed E-state index contributed by atoms with van der Waals surface area (Å²) in [6.07, 6.45) is 12.3. The lowest BCUT2D eigenvalue weighted by Gasteiger charge is -2.23. The molecule has 0 heterocycles. The van der Waals surface area contributed by atoms with Crippen molar-refractivity contribution in [3.05, 3.63) is 78.7 Å². The van der Waals surface area contributed by atoms with Gasteiger partial charge in [0.05, 0.1) is 0 Å². The molecule has 0 aliphatic rings. The Morgan fingerprint density at radius 3 is 1.96 bits per heavy atom. The molecule has 1 heteroatoms. The molecule has 0 aliphatic carbocycles. The van der Waals surface area contributed by atoms with Gasteiger partial charge in [-0.15, -0.1) is 0 Å². The highest BCUT2D eigenvalue weighted by Crippen LogP contribution is 2.28. The first-order valence-electron chi connectivity index (χ1n) is 8.62. The number of nitrogens with zero attached hydrogens (tertiary/aromatic N) is 1. The van der Waals surface area contributed by atoms with Gasteiger partial charge in [-0.1, -0.05) is 78.5 Å². The Labute approximate surface area is 149 Å². The summed E-state index contributed by atoms with van der Waals surface area (Å²) in [5.41, 5.74) is 4.01. The van der Waals surface area contributed by atoms with E-state index in [2.05, 4.69) is 108 Å². The van der Waals surface area contributed by atoms with Crippen molar-refractivity contribution in [3.8, 4) is 0 Å². The summed E-state index contributed by atoms with van der Waals surface area (Å²) in [5.74, 6) is 0. The smallest absolute Gasteiger partial charge is 0.0449 e. The summed E-state index contributed by atoms with van der Waals surface area (Å²) in [5, 5.41) is 0. The minimum absolute atomic E-state index is 0.0857. The molecule has 0 saturated carbocycles. The molecule has 130 valence electrons. The van der Waals surface area contributed by atoms with Gasteiger partial charge in [-0.25, -0.2) is 0 Å². The minimum Gasteiger partial charge on any atom is -0.324 e. The fraction of sp³-hybridized carbons (Fsp3) is 0.391. The molecule has 0 unspecified atom stereocenters. The van der Waals surface area contributed by atoms with Crippen LogP contribution in [0.4, 0.5) is 5.69 Å². The number of allylic oxidation sites excluding steroid dienone is 5. The van der Waals surface area contributed by atoms with Crippen molar-refractivity contribution in [2.24, 2.45) is 5.41 Å². The Hall–Kier alpha value is -2.02. The normalized spacial score (nSPS) is 13.7. The highest BCUT2D eigenvalue weighted by Gasteiger charge is 2.15. The van der Waals surface area contributed by atoms with Crippen LogP contribution in [-0.2, 0) is 5.41 Å². The van der Waals surface area contributed by atoms with E-state index in [4.69, 9.17) is 0 Å². The lowest BCUT2D eigenvalue weighted by molar-refractivity contribution is 0.517. The predicted octanol–water partition coefficient (Wildman–Crippen LogP) is 7.00. The van der Waals surface area contributed by atoms with Gasteiger partial charge in [0.1, 0.15) is 0 Å².